The highest BCUT2D eigenvalue weighted by Gasteiger charge is 2.48. The smallest absolute Gasteiger partial charge is 0.308 e. The molecule has 1 rings (SSSR count). The van der Waals surface area contributed by atoms with Crippen LogP contribution in [0.1, 0.15) is 19.3 Å². The topological polar surface area (TPSA) is 46.5 Å². The lowest BCUT2D eigenvalue weighted by Crippen LogP contribution is -2.42. The van der Waals surface area contributed by atoms with Crippen molar-refractivity contribution in [2.24, 2.45) is 5.92 Å². The number of aliphatic hydroxyl groups excluding tert-OH is 1. The van der Waals surface area contributed by atoms with Crippen molar-refractivity contribution in [3.63, 3.8) is 0 Å². The van der Waals surface area contributed by atoms with Gasteiger partial charge in [-0.2, -0.15) is 0 Å². The van der Waals surface area contributed by atoms with Crippen LogP contribution in [0.25, 0.3) is 0 Å². The molecule has 1 aliphatic carbocycles. The van der Waals surface area contributed by atoms with Crippen molar-refractivity contribution in [1.29, 1.82) is 0 Å². The van der Waals surface area contributed by atoms with Crippen LogP contribution in [0.2, 0.25) is 0 Å². The van der Waals surface area contributed by atoms with E-state index in [1.807, 2.05) is 0 Å². The molecular weight excluding hydrogens is 182 g/mol. The van der Waals surface area contributed by atoms with Gasteiger partial charge in [0.25, 0.3) is 0 Å². The van der Waals surface area contributed by atoms with E-state index in [-0.39, 0.29) is 19.3 Å². The summed E-state index contributed by atoms with van der Waals surface area (Å²) in [5.41, 5.74) is 0. The molecule has 0 radical (unpaired) electrons. The van der Waals surface area contributed by atoms with Gasteiger partial charge >= 0.3 is 5.97 Å². The number of rotatable bonds is 3. The molecule has 0 amide bonds. The van der Waals surface area contributed by atoms with Gasteiger partial charge in [0.05, 0.1) is 19.6 Å². The molecule has 0 aliphatic heterocycles. The molecule has 0 unspecified atom stereocenters. The number of ether oxygens (including phenoxy) is 1. The lowest BCUT2D eigenvalue weighted by molar-refractivity contribution is -0.157. The first-order valence-electron chi connectivity index (χ1n) is 4.07. The predicted molar refractivity (Wildman–Crippen MR) is 40.3 cm³/mol. The molecule has 1 N–H and O–H groups in total. The number of carbonyl (C=O) groups is 1. The number of hydrogen-bond donors (Lipinski definition) is 1. The first-order chi connectivity index (χ1) is 5.94. The monoisotopic (exact) mass is 194 g/mol. The Morgan fingerprint density at radius 2 is 2.23 bits per heavy atom. The normalized spacial score (nSPS) is 23.4. The van der Waals surface area contributed by atoms with E-state index >= 15 is 0 Å². The first kappa shape index (κ1) is 10.4. The number of esters is 1. The zero-order chi connectivity index (χ0) is 10.1. The van der Waals surface area contributed by atoms with E-state index in [0.29, 0.717) is 0 Å². The van der Waals surface area contributed by atoms with E-state index in [1.165, 1.54) is 7.11 Å². The zero-order valence-corrected chi connectivity index (χ0v) is 7.30. The summed E-state index contributed by atoms with van der Waals surface area (Å²) in [4.78, 5) is 10.7. The van der Waals surface area contributed by atoms with E-state index in [1.54, 1.807) is 0 Å². The van der Waals surface area contributed by atoms with Gasteiger partial charge in [0.1, 0.15) is 0 Å². The molecular formula is C8H12F2O3. The van der Waals surface area contributed by atoms with Crippen LogP contribution in [-0.2, 0) is 9.53 Å². The number of methoxy groups -OCH3 is 1. The van der Waals surface area contributed by atoms with E-state index in [0.717, 1.165) is 0 Å². The summed E-state index contributed by atoms with van der Waals surface area (Å²) in [5, 5.41) is 9.27. The molecule has 1 atom stereocenters. The van der Waals surface area contributed by atoms with E-state index in [9.17, 15) is 18.7 Å². The Balaban J connectivity index is 2.27. The van der Waals surface area contributed by atoms with Crippen molar-refractivity contribution in [3.8, 4) is 0 Å². The second-order valence-corrected chi connectivity index (χ2v) is 3.37. The third-order valence-corrected chi connectivity index (χ3v) is 2.27. The van der Waals surface area contributed by atoms with E-state index in [4.69, 9.17) is 0 Å². The molecule has 5 heteroatoms. The molecule has 0 aromatic carbocycles. The Bertz CT molecular complexity index is 198. The predicted octanol–water partition coefficient (Wildman–Crippen LogP) is 0.956. The second-order valence-electron chi connectivity index (χ2n) is 3.37. The van der Waals surface area contributed by atoms with Gasteiger partial charge in [-0.25, -0.2) is 8.78 Å². The fraction of sp³-hybridized carbons (Fsp3) is 0.875. The summed E-state index contributed by atoms with van der Waals surface area (Å²) < 4.78 is 29.0. The van der Waals surface area contributed by atoms with Gasteiger partial charge in [-0.15, -0.1) is 0 Å². The van der Waals surface area contributed by atoms with Crippen molar-refractivity contribution in [1.82, 2.24) is 0 Å². The van der Waals surface area contributed by atoms with Crippen LogP contribution in [0.4, 0.5) is 8.78 Å². The van der Waals surface area contributed by atoms with Crippen molar-refractivity contribution in [2.45, 2.75) is 31.3 Å². The summed E-state index contributed by atoms with van der Waals surface area (Å²) in [6.07, 6.45) is -1.85. The first-order valence-corrected chi connectivity index (χ1v) is 4.07. The summed E-state index contributed by atoms with van der Waals surface area (Å²) in [7, 11) is 1.20. The SMILES string of the molecule is COC(=O)C[C@H](O)C1CC(F)(F)C1. The van der Waals surface area contributed by atoms with Crippen LogP contribution >= 0.6 is 0 Å². The molecule has 0 bridgehead atoms. The van der Waals surface area contributed by atoms with Gasteiger partial charge in [0.15, 0.2) is 0 Å². The van der Waals surface area contributed by atoms with Crippen LogP contribution in [0.5, 0.6) is 0 Å². The van der Waals surface area contributed by atoms with Gasteiger partial charge < -0.3 is 9.84 Å². The standard InChI is InChI=1S/C8H12F2O3/c1-13-7(12)2-6(11)5-3-8(9,10)4-5/h5-6,11H,2-4H2,1H3/t6-/m0/s1. The third kappa shape index (κ3) is 2.62. The summed E-state index contributed by atoms with van der Waals surface area (Å²) in [6.45, 7) is 0. The Labute approximate surface area is 74.7 Å². The highest BCUT2D eigenvalue weighted by molar-refractivity contribution is 5.69. The maximum absolute atomic E-state index is 12.3. The van der Waals surface area contributed by atoms with Crippen molar-refractivity contribution < 1.29 is 23.4 Å². The lowest BCUT2D eigenvalue weighted by Gasteiger charge is -2.37. The summed E-state index contributed by atoms with van der Waals surface area (Å²) >= 11 is 0. The average molecular weight is 194 g/mol. The molecule has 3 nitrogen and oxygen atoms in total. The van der Waals surface area contributed by atoms with Crippen LogP contribution < -0.4 is 0 Å². The molecule has 76 valence electrons. The van der Waals surface area contributed by atoms with E-state index in [2.05, 4.69) is 4.74 Å². The summed E-state index contributed by atoms with van der Waals surface area (Å²) in [5.74, 6) is -3.68. The summed E-state index contributed by atoms with van der Waals surface area (Å²) in [6, 6.07) is 0. The zero-order valence-electron chi connectivity index (χ0n) is 7.30. The second kappa shape index (κ2) is 3.57. The van der Waals surface area contributed by atoms with Crippen LogP contribution in [-0.4, -0.2) is 30.2 Å². The van der Waals surface area contributed by atoms with Gasteiger partial charge in [-0.05, 0) is 5.92 Å². The fourth-order valence-electron chi connectivity index (χ4n) is 1.40. The minimum absolute atomic E-state index is 0.197. The number of hydrogen-bond acceptors (Lipinski definition) is 3. The highest BCUT2D eigenvalue weighted by Crippen LogP contribution is 2.44. The number of halogens is 2. The molecule has 0 heterocycles. The van der Waals surface area contributed by atoms with Gasteiger partial charge in [-0.1, -0.05) is 0 Å². The maximum atomic E-state index is 12.3. The van der Waals surface area contributed by atoms with Gasteiger partial charge in [0.2, 0.25) is 5.92 Å². The highest BCUT2D eigenvalue weighted by atomic mass is 19.3. The van der Waals surface area contributed by atoms with Crippen molar-refractivity contribution >= 4 is 5.97 Å². The minimum atomic E-state index is -2.65. The third-order valence-electron chi connectivity index (χ3n) is 2.27. The number of aliphatic hydroxyl groups is 1. The molecule has 0 saturated heterocycles. The Morgan fingerprint density at radius 1 is 1.69 bits per heavy atom. The lowest BCUT2D eigenvalue weighted by atomic mass is 9.77. The molecule has 0 aromatic rings. The molecule has 1 aliphatic rings. The number of carbonyl (C=O) groups excluding carboxylic acids is 1. The Hall–Kier alpha value is -0.710. The van der Waals surface area contributed by atoms with Gasteiger partial charge in [0, 0.05) is 12.8 Å². The fourth-order valence-corrected chi connectivity index (χ4v) is 1.40. The quantitative estimate of drug-likeness (QED) is 0.680. The number of alkyl halides is 2. The molecule has 0 aromatic heterocycles. The van der Waals surface area contributed by atoms with Crippen molar-refractivity contribution in [2.75, 3.05) is 7.11 Å². The van der Waals surface area contributed by atoms with Crippen LogP contribution in [0.3, 0.4) is 0 Å². The van der Waals surface area contributed by atoms with Gasteiger partial charge in [-0.3, -0.25) is 4.79 Å². The van der Waals surface area contributed by atoms with Crippen LogP contribution in [0.15, 0.2) is 0 Å². The molecule has 0 spiro atoms. The Kier molecular flexibility index (Phi) is 2.85. The van der Waals surface area contributed by atoms with E-state index < -0.39 is 23.9 Å². The average Bonchev–Trinajstić information content (AvgIpc) is 1.99. The minimum Gasteiger partial charge on any atom is -0.469 e. The van der Waals surface area contributed by atoms with Crippen LogP contribution in [0, 0.1) is 5.92 Å². The molecule has 1 saturated carbocycles. The molecule has 1 fully saturated rings. The van der Waals surface area contributed by atoms with Crippen molar-refractivity contribution in [3.05, 3.63) is 0 Å². The maximum Gasteiger partial charge on any atom is 0.308 e. The Morgan fingerprint density at radius 3 is 2.62 bits per heavy atom. The largest absolute Gasteiger partial charge is 0.469 e. The molecule has 13 heavy (non-hydrogen) atoms.